The minimum atomic E-state index is -0.689. The van der Waals surface area contributed by atoms with Gasteiger partial charge in [0.2, 0.25) is 5.91 Å². The Hall–Kier alpha value is -2.18. The molecule has 3 amide bonds. The van der Waals surface area contributed by atoms with Crippen molar-refractivity contribution in [3.63, 3.8) is 0 Å². The number of rotatable bonds is 6. The molecule has 4 bridgehead atoms. The highest BCUT2D eigenvalue weighted by atomic mass is 19.1. The summed E-state index contributed by atoms with van der Waals surface area (Å²) < 4.78 is 26.8. The maximum absolute atomic E-state index is 13.8. The van der Waals surface area contributed by atoms with Crippen LogP contribution in [0.25, 0.3) is 0 Å². The number of carbonyl (C=O) groups is 2. The maximum Gasteiger partial charge on any atom is 0.315 e. The second-order valence-corrected chi connectivity index (χ2v) is 9.28. The molecule has 5 nitrogen and oxygen atoms in total. The van der Waals surface area contributed by atoms with Crippen LogP contribution in [0.15, 0.2) is 18.2 Å². The lowest BCUT2D eigenvalue weighted by Crippen LogP contribution is -2.61. The monoisotopic (exact) mass is 405 g/mol. The van der Waals surface area contributed by atoms with Crippen LogP contribution in [-0.2, 0) is 4.79 Å². The number of hydrogen-bond donors (Lipinski definition) is 3. The summed E-state index contributed by atoms with van der Waals surface area (Å²) in [6, 6.07) is 2.50. The zero-order valence-corrected chi connectivity index (χ0v) is 16.8. The third-order valence-electron chi connectivity index (χ3n) is 6.86. The van der Waals surface area contributed by atoms with Crippen LogP contribution in [0.5, 0.6) is 0 Å². The first kappa shape index (κ1) is 20.1. The van der Waals surface area contributed by atoms with E-state index in [1.807, 2.05) is 0 Å². The predicted octanol–water partition coefficient (Wildman–Crippen LogP) is 3.80. The van der Waals surface area contributed by atoms with E-state index in [1.54, 1.807) is 6.92 Å². The van der Waals surface area contributed by atoms with E-state index in [1.165, 1.54) is 25.3 Å². The molecule has 0 spiro atoms. The van der Waals surface area contributed by atoms with E-state index in [0.29, 0.717) is 0 Å². The van der Waals surface area contributed by atoms with Gasteiger partial charge in [0.05, 0.1) is 6.04 Å². The van der Waals surface area contributed by atoms with Crippen LogP contribution >= 0.6 is 0 Å². The fraction of sp³-hybridized carbons (Fsp3) is 0.636. The number of benzene rings is 1. The first-order chi connectivity index (χ1) is 13.8. The molecule has 4 aliphatic rings. The minimum absolute atomic E-state index is 0.0598. The van der Waals surface area contributed by atoms with Crippen molar-refractivity contribution in [1.29, 1.82) is 0 Å². The van der Waals surface area contributed by atoms with Crippen LogP contribution in [0.2, 0.25) is 0 Å². The van der Waals surface area contributed by atoms with Gasteiger partial charge in [0.1, 0.15) is 11.6 Å². The summed E-state index contributed by atoms with van der Waals surface area (Å²) in [6.07, 6.45) is 7.27. The SMILES string of the molecule is C[C@H](NC(=O)CCNC(=O)NC12CC3CC(CC(C3)C1)C2)c1ccc(F)cc1F. The highest BCUT2D eigenvalue weighted by molar-refractivity contribution is 5.78. The van der Waals surface area contributed by atoms with Gasteiger partial charge in [-0.25, -0.2) is 13.6 Å². The third-order valence-corrected chi connectivity index (χ3v) is 6.86. The Balaban J connectivity index is 1.21. The molecule has 29 heavy (non-hydrogen) atoms. The van der Waals surface area contributed by atoms with Gasteiger partial charge in [-0.1, -0.05) is 6.07 Å². The quantitative estimate of drug-likeness (QED) is 0.674. The molecular weight excluding hydrogens is 376 g/mol. The van der Waals surface area contributed by atoms with Crippen molar-refractivity contribution in [2.24, 2.45) is 17.8 Å². The van der Waals surface area contributed by atoms with Crippen LogP contribution in [0.3, 0.4) is 0 Å². The first-order valence-corrected chi connectivity index (χ1v) is 10.6. The zero-order chi connectivity index (χ0) is 20.6. The summed E-state index contributed by atoms with van der Waals surface area (Å²) >= 11 is 0. The fourth-order valence-electron chi connectivity index (χ4n) is 6.08. The van der Waals surface area contributed by atoms with Gasteiger partial charge in [-0.3, -0.25) is 4.79 Å². The van der Waals surface area contributed by atoms with E-state index in [0.717, 1.165) is 49.1 Å². The minimum Gasteiger partial charge on any atom is -0.349 e. The molecule has 0 saturated heterocycles. The van der Waals surface area contributed by atoms with Crippen LogP contribution in [0.4, 0.5) is 13.6 Å². The van der Waals surface area contributed by atoms with Gasteiger partial charge in [-0.05, 0) is 69.3 Å². The van der Waals surface area contributed by atoms with Gasteiger partial charge in [0.15, 0.2) is 0 Å². The molecule has 7 heteroatoms. The Labute approximate surface area is 170 Å². The number of halogens is 2. The summed E-state index contributed by atoms with van der Waals surface area (Å²) in [4.78, 5) is 24.5. The number of amides is 3. The Morgan fingerprint density at radius 3 is 2.31 bits per heavy atom. The van der Waals surface area contributed by atoms with Gasteiger partial charge in [-0.15, -0.1) is 0 Å². The standard InChI is InChI=1S/C22H29F2N3O2/c1-13(18-3-2-17(23)9-19(18)24)26-20(28)4-5-25-21(29)27-22-10-14-6-15(11-22)8-16(7-14)12-22/h2-3,9,13-16H,4-8,10-12H2,1H3,(H,26,28)(H2,25,27,29)/t13-,14?,15?,16?,22?/m0/s1. The highest BCUT2D eigenvalue weighted by Crippen LogP contribution is 2.55. The van der Waals surface area contributed by atoms with E-state index in [9.17, 15) is 18.4 Å². The molecule has 4 fully saturated rings. The van der Waals surface area contributed by atoms with E-state index in [2.05, 4.69) is 16.0 Å². The first-order valence-electron chi connectivity index (χ1n) is 10.6. The molecule has 1 aromatic rings. The smallest absolute Gasteiger partial charge is 0.315 e. The van der Waals surface area contributed by atoms with Crippen molar-refractivity contribution >= 4 is 11.9 Å². The topological polar surface area (TPSA) is 70.2 Å². The number of nitrogens with one attached hydrogen (secondary N) is 3. The normalized spacial score (nSPS) is 30.7. The van der Waals surface area contributed by atoms with Crippen molar-refractivity contribution in [1.82, 2.24) is 16.0 Å². The average molecular weight is 405 g/mol. The van der Waals surface area contributed by atoms with E-state index in [-0.39, 0.29) is 36.0 Å². The fourth-order valence-corrected chi connectivity index (χ4v) is 6.08. The lowest BCUT2D eigenvalue weighted by Gasteiger charge is -2.56. The lowest BCUT2D eigenvalue weighted by atomic mass is 9.53. The van der Waals surface area contributed by atoms with Crippen molar-refractivity contribution in [3.8, 4) is 0 Å². The van der Waals surface area contributed by atoms with E-state index < -0.39 is 17.7 Å². The molecule has 4 saturated carbocycles. The van der Waals surface area contributed by atoms with Gasteiger partial charge >= 0.3 is 6.03 Å². The molecule has 158 valence electrons. The van der Waals surface area contributed by atoms with Crippen molar-refractivity contribution in [3.05, 3.63) is 35.4 Å². The Bertz CT molecular complexity index is 763. The van der Waals surface area contributed by atoms with Crippen molar-refractivity contribution < 1.29 is 18.4 Å². The highest BCUT2D eigenvalue weighted by Gasteiger charge is 2.51. The molecule has 0 aliphatic heterocycles. The summed E-state index contributed by atoms with van der Waals surface area (Å²) in [5.74, 6) is 0.614. The molecule has 0 aromatic heterocycles. The molecule has 5 rings (SSSR count). The molecule has 4 aliphatic carbocycles. The summed E-state index contributed by atoms with van der Waals surface area (Å²) in [7, 11) is 0. The molecular formula is C22H29F2N3O2. The third kappa shape index (κ3) is 4.54. The number of urea groups is 1. The van der Waals surface area contributed by atoms with Gasteiger partial charge in [0.25, 0.3) is 0 Å². The predicted molar refractivity (Wildman–Crippen MR) is 105 cm³/mol. The average Bonchev–Trinajstić information content (AvgIpc) is 2.59. The molecule has 0 unspecified atom stereocenters. The molecule has 0 heterocycles. The molecule has 0 radical (unpaired) electrons. The largest absolute Gasteiger partial charge is 0.349 e. The summed E-state index contributed by atoms with van der Waals surface area (Å²) in [6.45, 7) is 1.85. The molecule has 1 atom stereocenters. The van der Waals surface area contributed by atoms with E-state index in [4.69, 9.17) is 0 Å². The van der Waals surface area contributed by atoms with Gasteiger partial charge < -0.3 is 16.0 Å². The second kappa shape index (κ2) is 7.92. The Kier molecular flexibility index (Phi) is 5.49. The van der Waals surface area contributed by atoms with Crippen molar-refractivity contribution in [2.45, 2.75) is 63.5 Å². The van der Waals surface area contributed by atoms with Crippen LogP contribution in [0.1, 0.15) is 63.5 Å². The van der Waals surface area contributed by atoms with Crippen LogP contribution in [0, 0.1) is 29.4 Å². The van der Waals surface area contributed by atoms with Crippen LogP contribution < -0.4 is 16.0 Å². The molecule has 1 aromatic carbocycles. The number of hydrogen-bond acceptors (Lipinski definition) is 2. The lowest BCUT2D eigenvalue weighted by molar-refractivity contribution is -0.121. The molecule has 3 N–H and O–H groups in total. The van der Waals surface area contributed by atoms with Gasteiger partial charge in [0, 0.05) is 30.1 Å². The maximum atomic E-state index is 13.8. The van der Waals surface area contributed by atoms with E-state index >= 15 is 0 Å². The van der Waals surface area contributed by atoms with Gasteiger partial charge in [-0.2, -0.15) is 0 Å². The summed E-state index contributed by atoms with van der Waals surface area (Å²) in [5, 5.41) is 8.68. The number of carbonyl (C=O) groups excluding carboxylic acids is 2. The van der Waals surface area contributed by atoms with Crippen molar-refractivity contribution in [2.75, 3.05) is 6.54 Å². The Morgan fingerprint density at radius 2 is 1.72 bits per heavy atom. The Morgan fingerprint density at radius 1 is 1.10 bits per heavy atom. The zero-order valence-electron chi connectivity index (χ0n) is 16.8. The summed E-state index contributed by atoms with van der Waals surface area (Å²) in [5.41, 5.74) is 0.169. The second-order valence-electron chi connectivity index (χ2n) is 9.28. The van der Waals surface area contributed by atoms with Crippen LogP contribution in [-0.4, -0.2) is 24.0 Å².